The number of piperidine rings is 1. The lowest BCUT2D eigenvalue weighted by atomic mass is 9.96. The second-order valence-electron chi connectivity index (χ2n) is 6.19. The van der Waals surface area contributed by atoms with Gasteiger partial charge in [0, 0.05) is 18.5 Å². The smallest absolute Gasteiger partial charge is 0.308 e. The zero-order valence-electron chi connectivity index (χ0n) is 12.0. The first kappa shape index (κ1) is 14.5. The van der Waals surface area contributed by atoms with Crippen molar-refractivity contribution in [3.05, 3.63) is 11.6 Å². The first-order chi connectivity index (χ1) is 9.29. The van der Waals surface area contributed by atoms with Crippen molar-refractivity contribution in [1.82, 2.24) is 20.1 Å². The van der Waals surface area contributed by atoms with Crippen molar-refractivity contribution in [1.29, 1.82) is 0 Å². The Labute approximate surface area is 117 Å². The molecule has 7 heteroatoms. The normalized spacial score (nSPS) is 19.9. The van der Waals surface area contributed by atoms with Crippen LogP contribution in [-0.4, -0.2) is 50.2 Å². The van der Waals surface area contributed by atoms with Gasteiger partial charge in [-0.05, 0) is 12.8 Å². The summed E-state index contributed by atoms with van der Waals surface area (Å²) in [5.41, 5.74) is -0.211. The van der Waals surface area contributed by atoms with Gasteiger partial charge in [-0.25, -0.2) is 4.98 Å². The lowest BCUT2D eigenvalue weighted by Gasteiger charge is -2.29. The van der Waals surface area contributed by atoms with Crippen LogP contribution in [0.25, 0.3) is 0 Å². The highest BCUT2D eigenvalue weighted by Gasteiger charge is 2.31. The number of aliphatic carboxylic acids is 1. The van der Waals surface area contributed by atoms with Crippen molar-refractivity contribution in [2.24, 2.45) is 5.92 Å². The van der Waals surface area contributed by atoms with E-state index < -0.39 is 11.9 Å². The minimum atomic E-state index is -0.854. The number of nitrogens with zero attached hydrogens (tertiary/aromatic N) is 3. The first-order valence-electron chi connectivity index (χ1n) is 6.74. The molecule has 1 aromatic rings. The van der Waals surface area contributed by atoms with E-state index in [0.717, 1.165) is 0 Å². The predicted molar refractivity (Wildman–Crippen MR) is 71.3 cm³/mol. The van der Waals surface area contributed by atoms with Crippen LogP contribution in [0, 0.1) is 5.92 Å². The summed E-state index contributed by atoms with van der Waals surface area (Å²) in [5.74, 6) is -0.891. The number of aromatic amines is 1. The Hall–Kier alpha value is -1.92. The van der Waals surface area contributed by atoms with Crippen LogP contribution in [0.4, 0.5) is 0 Å². The molecule has 0 unspecified atom stereocenters. The Morgan fingerprint density at radius 3 is 2.65 bits per heavy atom. The predicted octanol–water partition coefficient (Wildman–Crippen LogP) is 1.04. The maximum Gasteiger partial charge on any atom is 0.308 e. The molecule has 1 fully saturated rings. The minimum absolute atomic E-state index is 0.112. The molecule has 1 aliphatic rings. The topological polar surface area (TPSA) is 99.2 Å². The average Bonchev–Trinajstić information content (AvgIpc) is 2.87. The Morgan fingerprint density at radius 1 is 1.40 bits per heavy atom. The van der Waals surface area contributed by atoms with Gasteiger partial charge in [0.25, 0.3) is 5.91 Å². The third-order valence-electron chi connectivity index (χ3n) is 3.44. The molecule has 0 spiro atoms. The number of carbonyl (C=O) groups is 2. The molecule has 1 aliphatic heterocycles. The summed E-state index contributed by atoms with van der Waals surface area (Å²) in [7, 11) is 0. The molecule has 110 valence electrons. The van der Waals surface area contributed by atoms with Crippen LogP contribution in [0.5, 0.6) is 0 Å². The quantitative estimate of drug-likeness (QED) is 0.843. The number of amides is 1. The van der Waals surface area contributed by atoms with Crippen molar-refractivity contribution in [2.45, 2.75) is 39.0 Å². The van der Waals surface area contributed by atoms with Crippen LogP contribution in [0.1, 0.15) is 50.1 Å². The van der Waals surface area contributed by atoms with Crippen LogP contribution in [0.15, 0.2) is 0 Å². The summed E-state index contributed by atoms with van der Waals surface area (Å²) in [6.07, 6.45) is 1.31. The molecule has 1 atom stereocenters. The Bertz CT molecular complexity index is 518. The fourth-order valence-corrected chi connectivity index (χ4v) is 2.20. The molecule has 2 N–H and O–H groups in total. The standard InChI is InChI=1S/C13H20N4O3/c1-13(2,3)12-14-9(15-16-12)10(18)17-6-4-5-8(7-17)11(19)20/h8H,4-7H2,1-3H3,(H,19,20)(H,14,15,16)/t8-/m1/s1. The Kier molecular flexibility index (Phi) is 3.78. The van der Waals surface area contributed by atoms with Crippen LogP contribution in [0.3, 0.4) is 0 Å². The van der Waals surface area contributed by atoms with E-state index in [1.165, 1.54) is 4.90 Å². The second kappa shape index (κ2) is 5.22. The van der Waals surface area contributed by atoms with Gasteiger partial charge in [0.05, 0.1) is 5.92 Å². The Morgan fingerprint density at radius 2 is 2.10 bits per heavy atom. The third kappa shape index (κ3) is 2.97. The maximum absolute atomic E-state index is 12.3. The van der Waals surface area contributed by atoms with E-state index in [1.807, 2.05) is 20.8 Å². The number of aromatic nitrogens is 3. The Balaban J connectivity index is 2.11. The average molecular weight is 280 g/mol. The van der Waals surface area contributed by atoms with Crippen molar-refractivity contribution < 1.29 is 14.7 Å². The summed E-state index contributed by atoms with van der Waals surface area (Å²) >= 11 is 0. The maximum atomic E-state index is 12.3. The lowest BCUT2D eigenvalue weighted by Crippen LogP contribution is -2.42. The molecule has 1 saturated heterocycles. The van der Waals surface area contributed by atoms with Crippen molar-refractivity contribution in [2.75, 3.05) is 13.1 Å². The third-order valence-corrected chi connectivity index (χ3v) is 3.44. The molecule has 1 amide bonds. The van der Waals surface area contributed by atoms with Crippen molar-refractivity contribution in [3.63, 3.8) is 0 Å². The molecule has 1 aromatic heterocycles. The number of carboxylic acid groups (broad SMARTS) is 1. The number of carboxylic acids is 1. The number of carbonyl (C=O) groups excluding carboxylic acids is 1. The van der Waals surface area contributed by atoms with Gasteiger partial charge in [-0.3, -0.25) is 14.7 Å². The fourth-order valence-electron chi connectivity index (χ4n) is 2.20. The number of hydrogen-bond acceptors (Lipinski definition) is 4. The van der Waals surface area contributed by atoms with Gasteiger partial charge < -0.3 is 10.0 Å². The molecule has 0 bridgehead atoms. The van der Waals surface area contributed by atoms with Crippen LogP contribution in [-0.2, 0) is 10.2 Å². The van der Waals surface area contributed by atoms with Gasteiger partial charge in [-0.1, -0.05) is 20.8 Å². The summed E-state index contributed by atoms with van der Waals surface area (Å²) in [6, 6.07) is 0. The van der Waals surface area contributed by atoms with Crippen molar-refractivity contribution in [3.8, 4) is 0 Å². The molecular formula is C13H20N4O3. The molecule has 0 aliphatic carbocycles. The largest absolute Gasteiger partial charge is 0.481 e. The van der Waals surface area contributed by atoms with Gasteiger partial charge >= 0.3 is 5.97 Å². The number of rotatable bonds is 2. The van der Waals surface area contributed by atoms with Gasteiger partial charge in [0.2, 0.25) is 5.82 Å². The van der Waals surface area contributed by atoms with E-state index in [9.17, 15) is 9.59 Å². The molecule has 2 heterocycles. The molecule has 2 rings (SSSR count). The van der Waals surface area contributed by atoms with Gasteiger partial charge in [-0.15, -0.1) is 5.10 Å². The molecule has 0 aromatic carbocycles. The van der Waals surface area contributed by atoms with E-state index >= 15 is 0 Å². The summed E-state index contributed by atoms with van der Waals surface area (Å²) in [5, 5.41) is 15.8. The SMILES string of the molecule is CC(C)(C)c1nc(C(=O)N2CCC[C@@H](C(=O)O)C2)n[nH]1. The highest BCUT2D eigenvalue weighted by molar-refractivity contribution is 5.90. The van der Waals surface area contributed by atoms with E-state index in [0.29, 0.717) is 25.2 Å². The number of likely N-dealkylation sites (tertiary alicyclic amines) is 1. The highest BCUT2D eigenvalue weighted by atomic mass is 16.4. The molecular weight excluding hydrogens is 260 g/mol. The molecule has 20 heavy (non-hydrogen) atoms. The van der Waals surface area contributed by atoms with Crippen LogP contribution >= 0.6 is 0 Å². The van der Waals surface area contributed by atoms with Crippen LogP contribution < -0.4 is 0 Å². The minimum Gasteiger partial charge on any atom is -0.481 e. The number of nitrogens with one attached hydrogen (secondary N) is 1. The summed E-state index contributed by atoms with van der Waals surface area (Å²) in [6.45, 7) is 6.71. The second-order valence-corrected chi connectivity index (χ2v) is 6.19. The van der Waals surface area contributed by atoms with E-state index in [2.05, 4.69) is 15.2 Å². The van der Waals surface area contributed by atoms with Crippen molar-refractivity contribution >= 4 is 11.9 Å². The highest BCUT2D eigenvalue weighted by Crippen LogP contribution is 2.20. The zero-order chi connectivity index (χ0) is 14.9. The van der Waals surface area contributed by atoms with E-state index in [4.69, 9.17) is 5.11 Å². The van der Waals surface area contributed by atoms with Crippen LogP contribution in [0.2, 0.25) is 0 Å². The molecule has 0 radical (unpaired) electrons. The molecule has 0 saturated carbocycles. The fraction of sp³-hybridized carbons (Fsp3) is 0.692. The monoisotopic (exact) mass is 280 g/mol. The molecule has 7 nitrogen and oxygen atoms in total. The zero-order valence-corrected chi connectivity index (χ0v) is 12.0. The summed E-state index contributed by atoms with van der Waals surface area (Å²) < 4.78 is 0. The van der Waals surface area contributed by atoms with Gasteiger partial charge in [0.1, 0.15) is 5.82 Å². The number of hydrogen-bond donors (Lipinski definition) is 2. The lowest BCUT2D eigenvalue weighted by molar-refractivity contribution is -0.143. The van der Waals surface area contributed by atoms with Gasteiger partial charge in [-0.2, -0.15) is 0 Å². The number of H-pyrrole nitrogens is 1. The first-order valence-corrected chi connectivity index (χ1v) is 6.74. The summed E-state index contributed by atoms with van der Waals surface area (Å²) in [4.78, 5) is 29.1. The van der Waals surface area contributed by atoms with E-state index in [-0.39, 0.29) is 23.7 Å². The van der Waals surface area contributed by atoms with E-state index in [1.54, 1.807) is 0 Å². The van der Waals surface area contributed by atoms with Gasteiger partial charge in [0.15, 0.2) is 0 Å².